The quantitative estimate of drug-likeness (QED) is 0.795. The van der Waals surface area contributed by atoms with Crippen molar-refractivity contribution < 1.29 is 13.9 Å². The fourth-order valence-corrected chi connectivity index (χ4v) is 1.21. The molecule has 0 saturated heterocycles. The van der Waals surface area contributed by atoms with Crippen molar-refractivity contribution in [2.24, 2.45) is 0 Å². The second-order valence-corrected chi connectivity index (χ2v) is 3.59. The van der Waals surface area contributed by atoms with Gasteiger partial charge in [-0.05, 0) is 5.56 Å². The van der Waals surface area contributed by atoms with Gasteiger partial charge in [0.25, 0.3) is 5.92 Å². The SMILES string of the molecule is CC(CO)c1ccc(C(C)(F)F)cc1. The van der Waals surface area contributed by atoms with Crippen LogP contribution in [0.2, 0.25) is 0 Å². The summed E-state index contributed by atoms with van der Waals surface area (Å²) < 4.78 is 25.6. The van der Waals surface area contributed by atoms with Gasteiger partial charge >= 0.3 is 0 Å². The highest BCUT2D eigenvalue weighted by Crippen LogP contribution is 2.27. The molecule has 1 aromatic carbocycles. The van der Waals surface area contributed by atoms with Crippen LogP contribution in [0.25, 0.3) is 0 Å². The minimum atomic E-state index is -2.79. The van der Waals surface area contributed by atoms with Crippen molar-refractivity contribution in [1.29, 1.82) is 0 Å². The van der Waals surface area contributed by atoms with Gasteiger partial charge in [0, 0.05) is 25.0 Å². The summed E-state index contributed by atoms with van der Waals surface area (Å²) >= 11 is 0. The molecule has 0 radical (unpaired) electrons. The Morgan fingerprint density at radius 3 is 2.14 bits per heavy atom. The van der Waals surface area contributed by atoms with Crippen molar-refractivity contribution in [2.75, 3.05) is 6.61 Å². The summed E-state index contributed by atoms with van der Waals surface area (Å²) in [5.74, 6) is -2.80. The average Bonchev–Trinajstić information content (AvgIpc) is 2.15. The van der Waals surface area contributed by atoms with Gasteiger partial charge in [0.2, 0.25) is 0 Å². The van der Waals surface area contributed by atoms with Crippen molar-refractivity contribution in [2.45, 2.75) is 25.7 Å². The predicted molar refractivity (Wildman–Crippen MR) is 51.5 cm³/mol. The van der Waals surface area contributed by atoms with E-state index in [0.717, 1.165) is 12.5 Å². The van der Waals surface area contributed by atoms with Gasteiger partial charge in [0.05, 0.1) is 0 Å². The third-order valence-corrected chi connectivity index (χ3v) is 2.26. The number of hydrogen-bond donors (Lipinski definition) is 1. The zero-order chi connectivity index (χ0) is 10.8. The van der Waals surface area contributed by atoms with Crippen molar-refractivity contribution >= 4 is 0 Å². The lowest BCUT2D eigenvalue weighted by molar-refractivity contribution is 0.0174. The first-order chi connectivity index (χ1) is 6.45. The third kappa shape index (κ3) is 2.51. The van der Waals surface area contributed by atoms with Crippen LogP contribution >= 0.6 is 0 Å². The lowest BCUT2D eigenvalue weighted by Crippen LogP contribution is -2.07. The van der Waals surface area contributed by atoms with Crippen LogP contribution < -0.4 is 0 Å². The van der Waals surface area contributed by atoms with E-state index in [1.807, 2.05) is 6.92 Å². The maximum atomic E-state index is 12.8. The molecule has 0 aliphatic carbocycles. The molecule has 1 N–H and O–H groups in total. The van der Waals surface area contributed by atoms with Gasteiger partial charge < -0.3 is 5.11 Å². The highest BCUT2D eigenvalue weighted by Gasteiger charge is 2.23. The molecule has 1 atom stereocenters. The molecule has 0 aliphatic heterocycles. The Bertz CT molecular complexity index is 287. The largest absolute Gasteiger partial charge is 0.396 e. The van der Waals surface area contributed by atoms with Crippen molar-refractivity contribution in [3.8, 4) is 0 Å². The monoisotopic (exact) mass is 200 g/mol. The van der Waals surface area contributed by atoms with Crippen LogP contribution in [0.3, 0.4) is 0 Å². The zero-order valence-corrected chi connectivity index (χ0v) is 8.30. The molecule has 78 valence electrons. The van der Waals surface area contributed by atoms with Crippen LogP contribution in [0.4, 0.5) is 8.78 Å². The molecule has 1 rings (SSSR count). The van der Waals surface area contributed by atoms with Crippen LogP contribution in [-0.2, 0) is 5.92 Å². The van der Waals surface area contributed by atoms with E-state index < -0.39 is 5.92 Å². The minimum Gasteiger partial charge on any atom is -0.396 e. The second kappa shape index (κ2) is 4.05. The fourth-order valence-electron chi connectivity index (χ4n) is 1.21. The summed E-state index contributed by atoms with van der Waals surface area (Å²) in [4.78, 5) is 0. The van der Waals surface area contributed by atoms with Gasteiger partial charge in [-0.15, -0.1) is 0 Å². The molecule has 0 amide bonds. The molecule has 3 heteroatoms. The molecular formula is C11H14F2O. The summed E-state index contributed by atoms with van der Waals surface area (Å²) in [6, 6.07) is 6.07. The van der Waals surface area contributed by atoms with E-state index in [9.17, 15) is 8.78 Å². The smallest absolute Gasteiger partial charge is 0.270 e. The molecule has 0 aliphatic rings. The van der Waals surface area contributed by atoms with Gasteiger partial charge in [-0.3, -0.25) is 0 Å². The number of rotatable bonds is 3. The normalized spacial score (nSPS) is 14.1. The number of hydrogen-bond acceptors (Lipinski definition) is 1. The molecule has 0 saturated carbocycles. The maximum absolute atomic E-state index is 12.8. The van der Waals surface area contributed by atoms with E-state index in [0.29, 0.717) is 0 Å². The summed E-state index contributed by atoms with van der Waals surface area (Å²) in [7, 11) is 0. The van der Waals surface area contributed by atoms with E-state index in [4.69, 9.17) is 5.11 Å². The van der Waals surface area contributed by atoms with Gasteiger partial charge in [0.1, 0.15) is 0 Å². The number of aliphatic hydroxyl groups is 1. The van der Waals surface area contributed by atoms with Gasteiger partial charge in [-0.2, -0.15) is 0 Å². The maximum Gasteiger partial charge on any atom is 0.270 e. The Balaban J connectivity index is 2.89. The zero-order valence-electron chi connectivity index (χ0n) is 8.30. The molecular weight excluding hydrogens is 186 g/mol. The summed E-state index contributed by atoms with van der Waals surface area (Å²) in [6.07, 6.45) is 0. The molecule has 0 spiro atoms. The molecule has 0 fully saturated rings. The lowest BCUT2D eigenvalue weighted by atomic mass is 9.99. The van der Waals surface area contributed by atoms with Crippen molar-refractivity contribution in [3.63, 3.8) is 0 Å². The minimum absolute atomic E-state index is 0.00507. The summed E-state index contributed by atoms with van der Waals surface area (Å²) in [6.45, 7) is 2.75. The predicted octanol–water partition coefficient (Wildman–Crippen LogP) is 2.89. The number of aliphatic hydroxyl groups excluding tert-OH is 1. The number of benzene rings is 1. The van der Waals surface area contributed by atoms with Crippen LogP contribution in [0, 0.1) is 0 Å². The van der Waals surface area contributed by atoms with E-state index >= 15 is 0 Å². The first-order valence-electron chi connectivity index (χ1n) is 4.54. The van der Waals surface area contributed by atoms with Gasteiger partial charge in [-0.1, -0.05) is 31.2 Å². The first-order valence-corrected chi connectivity index (χ1v) is 4.54. The van der Waals surface area contributed by atoms with E-state index in [-0.39, 0.29) is 18.1 Å². The Labute approximate surface area is 82.4 Å². The van der Waals surface area contributed by atoms with Crippen molar-refractivity contribution in [1.82, 2.24) is 0 Å². The number of alkyl halides is 2. The third-order valence-electron chi connectivity index (χ3n) is 2.26. The standard InChI is InChI=1S/C11H14F2O/c1-8(7-14)9-3-5-10(6-4-9)11(2,12)13/h3-6,8,14H,7H2,1-2H3. The van der Waals surface area contributed by atoms with Crippen LogP contribution in [0.15, 0.2) is 24.3 Å². The molecule has 1 nitrogen and oxygen atoms in total. The number of halogens is 2. The van der Waals surface area contributed by atoms with Crippen LogP contribution in [0.1, 0.15) is 30.9 Å². The van der Waals surface area contributed by atoms with E-state index in [1.165, 1.54) is 12.1 Å². The molecule has 1 aromatic rings. The summed E-state index contributed by atoms with van der Waals surface area (Å²) in [5.41, 5.74) is 0.881. The molecule has 0 heterocycles. The molecule has 0 aromatic heterocycles. The van der Waals surface area contributed by atoms with Crippen molar-refractivity contribution in [3.05, 3.63) is 35.4 Å². The van der Waals surface area contributed by atoms with E-state index in [2.05, 4.69) is 0 Å². The first kappa shape index (κ1) is 11.1. The summed E-state index contributed by atoms with van der Waals surface area (Å²) in [5, 5.41) is 8.87. The Morgan fingerprint density at radius 1 is 1.29 bits per heavy atom. The van der Waals surface area contributed by atoms with Gasteiger partial charge in [-0.25, -0.2) is 8.78 Å². The van der Waals surface area contributed by atoms with Gasteiger partial charge in [0.15, 0.2) is 0 Å². The average molecular weight is 200 g/mol. The molecule has 14 heavy (non-hydrogen) atoms. The van der Waals surface area contributed by atoms with Crippen LogP contribution in [0.5, 0.6) is 0 Å². The molecule has 0 bridgehead atoms. The fraction of sp³-hybridized carbons (Fsp3) is 0.455. The topological polar surface area (TPSA) is 20.2 Å². The highest BCUT2D eigenvalue weighted by molar-refractivity contribution is 5.27. The Hall–Kier alpha value is -0.960. The Kier molecular flexibility index (Phi) is 3.21. The second-order valence-electron chi connectivity index (χ2n) is 3.59. The Morgan fingerprint density at radius 2 is 1.79 bits per heavy atom. The molecule has 1 unspecified atom stereocenters. The van der Waals surface area contributed by atoms with Crippen LogP contribution in [-0.4, -0.2) is 11.7 Å². The van der Waals surface area contributed by atoms with E-state index in [1.54, 1.807) is 12.1 Å². The lowest BCUT2D eigenvalue weighted by Gasteiger charge is -2.13. The highest BCUT2D eigenvalue weighted by atomic mass is 19.3.